The molecule has 88 valence electrons. The molecule has 0 aliphatic rings. The topological polar surface area (TPSA) is 57.0 Å². The fraction of sp³-hybridized carbons (Fsp3) is 0.182. The van der Waals surface area contributed by atoms with Crippen LogP contribution in [0.15, 0.2) is 24.5 Å². The largest absolute Gasteiger partial charge is 0.465 e. The molecule has 1 aromatic heterocycles. The molecule has 5 nitrogen and oxygen atoms in total. The average Bonchev–Trinajstić information content (AvgIpc) is 2.74. The minimum atomic E-state index is -0.604. The van der Waals surface area contributed by atoms with Crippen molar-refractivity contribution in [2.75, 3.05) is 7.11 Å². The molecular weight excluding hydrogens is 225 g/mol. The number of carbonyl (C=O) groups is 1. The zero-order chi connectivity index (χ0) is 12.4. The number of hydrogen-bond acceptors (Lipinski definition) is 4. The van der Waals surface area contributed by atoms with Gasteiger partial charge in [0.2, 0.25) is 0 Å². The molecule has 0 saturated carbocycles. The number of rotatable bonds is 2. The van der Waals surface area contributed by atoms with E-state index < -0.39 is 11.8 Å². The van der Waals surface area contributed by atoms with Gasteiger partial charge in [0.15, 0.2) is 0 Å². The predicted molar refractivity (Wildman–Crippen MR) is 57.4 cm³/mol. The Hall–Kier alpha value is -2.24. The molecule has 0 saturated heterocycles. The van der Waals surface area contributed by atoms with E-state index in [1.54, 1.807) is 11.5 Å². The minimum absolute atomic E-state index is 0.135. The molecule has 0 unspecified atom stereocenters. The summed E-state index contributed by atoms with van der Waals surface area (Å²) < 4.78 is 19.3. The van der Waals surface area contributed by atoms with Crippen LogP contribution in [-0.2, 0) is 4.74 Å². The number of methoxy groups -OCH3 is 1. The van der Waals surface area contributed by atoms with E-state index in [4.69, 9.17) is 0 Å². The molecule has 2 aromatic rings. The fourth-order valence-corrected chi connectivity index (χ4v) is 1.52. The molecule has 0 spiro atoms. The third-order valence-electron chi connectivity index (χ3n) is 2.34. The SMILES string of the molecule is COC(=O)c1cc(F)ccc1-n1cnnc1C. The second-order valence-corrected chi connectivity index (χ2v) is 3.40. The Kier molecular flexibility index (Phi) is 2.86. The number of aryl methyl sites for hydroxylation is 1. The maximum atomic E-state index is 13.1. The molecule has 0 atom stereocenters. The lowest BCUT2D eigenvalue weighted by Crippen LogP contribution is -2.09. The van der Waals surface area contributed by atoms with E-state index in [1.165, 1.54) is 25.6 Å². The number of halogens is 1. The van der Waals surface area contributed by atoms with Crippen molar-refractivity contribution >= 4 is 5.97 Å². The standard InChI is InChI=1S/C11H10FN3O2/c1-7-14-13-6-15(7)10-4-3-8(12)5-9(10)11(16)17-2/h3-6H,1-2H3. The maximum absolute atomic E-state index is 13.1. The highest BCUT2D eigenvalue weighted by Crippen LogP contribution is 2.18. The van der Waals surface area contributed by atoms with Crippen molar-refractivity contribution in [3.63, 3.8) is 0 Å². The summed E-state index contributed by atoms with van der Waals surface area (Å²) in [5, 5.41) is 7.52. The van der Waals surface area contributed by atoms with Crippen molar-refractivity contribution in [2.45, 2.75) is 6.92 Å². The van der Waals surface area contributed by atoms with Gasteiger partial charge in [-0.2, -0.15) is 0 Å². The molecule has 0 bridgehead atoms. The lowest BCUT2D eigenvalue weighted by Gasteiger charge is -2.09. The van der Waals surface area contributed by atoms with E-state index in [9.17, 15) is 9.18 Å². The van der Waals surface area contributed by atoms with Crippen molar-refractivity contribution in [3.8, 4) is 5.69 Å². The number of aromatic nitrogens is 3. The predicted octanol–water partition coefficient (Wildman–Crippen LogP) is 1.50. The summed E-state index contributed by atoms with van der Waals surface area (Å²) in [7, 11) is 1.25. The van der Waals surface area contributed by atoms with Crippen LogP contribution in [-0.4, -0.2) is 27.8 Å². The summed E-state index contributed by atoms with van der Waals surface area (Å²) >= 11 is 0. The van der Waals surface area contributed by atoms with Gasteiger partial charge in [0.25, 0.3) is 0 Å². The summed E-state index contributed by atoms with van der Waals surface area (Å²) in [6.07, 6.45) is 1.45. The van der Waals surface area contributed by atoms with Crippen LogP contribution in [0.1, 0.15) is 16.2 Å². The Morgan fingerprint density at radius 2 is 2.24 bits per heavy atom. The van der Waals surface area contributed by atoms with Crippen LogP contribution < -0.4 is 0 Å². The van der Waals surface area contributed by atoms with E-state index in [-0.39, 0.29) is 5.56 Å². The molecule has 17 heavy (non-hydrogen) atoms. The van der Waals surface area contributed by atoms with Crippen LogP contribution in [0.25, 0.3) is 5.69 Å². The number of esters is 1. The first kappa shape index (κ1) is 11.3. The maximum Gasteiger partial charge on any atom is 0.340 e. The summed E-state index contributed by atoms with van der Waals surface area (Å²) in [6.45, 7) is 1.73. The molecule has 0 aliphatic carbocycles. The molecule has 0 N–H and O–H groups in total. The van der Waals surface area contributed by atoms with Crippen molar-refractivity contribution in [1.82, 2.24) is 14.8 Å². The molecule has 0 amide bonds. The summed E-state index contributed by atoms with van der Waals surface area (Å²) in [4.78, 5) is 11.5. The highest BCUT2D eigenvalue weighted by molar-refractivity contribution is 5.93. The second kappa shape index (κ2) is 4.32. The number of carbonyl (C=O) groups excluding carboxylic acids is 1. The third-order valence-corrected chi connectivity index (χ3v) is 2.34. The first-order valence-electron chi connectivity index (χ1n) is 4.88. The summed E-state index contributed by atoms with van der Waals surface area (Å²) in [6, 6.07) is 3.87. The van der Waals surface area contributed by atoms with Gasteiger partial charge in [0.1, 0.15) is 18.0 Å². The van der Waals surface area contributed by atoms with Gasteiger partial charge in [-0.3, -0.25) is 4.57 Å². The molecular formula is C11H10FN3O2. The van der Waals surface area contributed by atoms with Crippen molar-refractivity contribution < 1.29 is 13.9 Å². The normalized spacial score (nSPS) is 10.3. The first-order valence-corrected chi connectivity index (χ1v) is 4.88. The zero-order valence-electron chi connectivity index (χ0n) is 9.35. The van der Waals surface area contributed by atoms with Crippen molar-refractivity contribution in [2.24, 2.45) is 0 Å². The van der Waals surface area contributed by atoms with Crippen LogP contribution in [0.4, 0.5) is 4.39 Å². The first-order chi connectivity index (χ1) is 8.13. The number of benzene rings is 1. The Balaban J connectivity index is 2.62. The summed E-state index contributed by atoms with van der Waals surface area (Å²) in [5.41, 5.74) is 0.621. The van der Waals surface area contributed by atoms with Crippen LogP contribution in [0, 0.1) is 12.7 Å². The second-order valence-electron chi connectivity index (χ2n) is 3.40. The van der Waals surface area contributed by atoms with Gasteiger partial charge in [0.05, 0.1) is 18.4 Å². The lowest BCUT2D eigenvalue weighted by molar-refractivity contribution is 0.0600. The Bertz CT molecular complexity index is 566. The third kappa shape index (κ3) is 2.01. The molecule has 1 heterocycles. The van der Waals surface area contributed by atoms with Gasteiger partial charge >= 0.3 is 5.97 Å². The molecule has 1 aromatic carbocycles. The average molecular weight is 235 g/mol. The van der Waals surface area contributed by atoms with E-state index in [1.807, 2.05) is 0 Å². The molecule has 6 heteroatoms. The van der Waals surface area contributed by atoms with Gasteiger partial charge in [0, 0.05) is 0 Å². The Morgan fingerprint density at radius 3 is 2.82 bits per heavy atom. The minimum Gasteiger partial charge on any atom is -0.465 e. The highest BCUT2D eigenvalue weighted by Gasteiger charge is 2.15. The number of ether oxygens (including phenoxy) is 1. The Labute approximate surface area is 96.9 Å². The molecule has 0 aliphatic heterocycles. The van der Waals surface area contributed by atoms with Crippen LogP contribution in [0.2, 0.25) is 0 Å². The van der Waals surface area contributed by atoms with Gasteiger partial charge in [-0.25, -0.2) is 9.18 Å². The fourth-order valence-electron chi connectivity index (χ4n) is 1.52. The molecule has 2 rings (SSSR count). The van der Waals surface area contributed by atoms with Gasteiger partial charge in [-0.15, -0.1) is 10.2 Å². The van der Waals surface area contributed by atoms with Crippen molar-refractivity contribution in [3.05, 3.63) is 41.7 Å². The Morgan fingerprint density at radius 1 is 1.47 bits per heavy atom. The van der Waals surface area contributed by atoms with E-state index in [0.29, 0.717) is 11.5 Å². The van der Waals surface area contributed by atoms with Crippen LogP contribution in [0.3, 0.4) is 0 Å². The molecule has 0 fully saturated rings. The van der Waals surface area contributed by atoms with Crippen LogP contribution >= 0.6 is 0 Å². The quantitative estimate of drug-likeness (QED) is 0.740. The number of nitrogens with zero attached hydrogens (tertiary/aromatic N) is 3. The smallest absolute Gasteiger partial charge is 0.340 e. The van der Waals surface area contributed by atoms with Gasteiger partial charge in [-0.05, 0) is 25.1 Å². The van der Waals surface area contributed by atoms with Gasteiger partial charge < -0.3 is 4.74 Å². The van der Waals surface area contributed by atoms with Gasteiger partial charge in [-0.1, -0.05) is 0 Å². The van der Waals surface area contributed by atoms with E-state index >= 15 is 0 Å². The van der Waals surface area contributed by atoms with E-state index in [2.05, 4.69) is 14.9 Å². The summed E-state index contributed by atoms with van der Waals surface area (Å²) in [5.74, 6) is -0.505. The zero-order valence-corrected chi connectivity index (χ0v) is 9.35. The van der Waals surface area contributed by atoms with Crippen molar-refractivity contribution in [1.29, 1.82) is 0 Å². The molecule has 0 radical (unpaired) electrons. The highest BCUT2D eigenvalue weighted by atomic mass is 19.1. The monoisotopic (exact) mass is 235 g/mol. The van der Waals surface area contributed by atoms with E-state index in [0.717, 1.165) is 6.07 Å². The lowest BCUT2D eigenvalue weighted by atomic mass is 10.1. The number of hydrogen-bond donors (Lipinski definition) is 0. The van der Waals surface area contributed by atoms with Crippen LogP contribution in [0.5, 0.6) is 0 Å².